The van der Waals surface area contributed by atoms with Gasteiger partial charge in [-0.15, -0.1) is 0 Å². The number of likely N-dealkylation sites (tertiary alicyclic amines) is 1. The summed E-state index contributed by atoms with van der Waals surface area (Å²) in [4.78, 5) is 32.4. The fourth-order valence-corrected chi connectivity index (χ4v) is 10.0. The summed E-state index contributed by atoms with van der Waals surface area (Å²) in [6, 6.07) is 13.0. The van der Waals surface area contributed by atoms with Crippen LogP contribution >= 0.6 is 0 Å². The summed E-state index contributed by atoms with van der Waals surface area (Å²) < 4.78 is 66.9. The summed E-state index contributed by atoms with van der Waals surface area (Å²) in [6.45, 7) is 3.41. The van der Waals surface area contributed by atoms with Crippen LogP contribution in [-0.2, 0) is 19.4 Å². The molecule has 2 heterocycles. The number of nitrogens with two attached hydrogens (primary N) is 1. The van der Waals surface area contributed by atoms with Crippen molar-refractivity contribution >= 4 is 64.2 Å². The van der Waals surface area contributed by atoms with Crippen LogP contribution in [0.2, 0.25) is 0 Å². The zero-order chi connectivity index (χ0) is 34.0. The number of carbonyl (C=O) groups excluding carboxylic acids is 2. The number of sulfone groups is 1. The van der Waals surface area contributed by atoms with Gasteiger partial charge in [0.1, 0.15) is 0 Å². The number of nitrogens with zero attached hydrogens (tertiary/aromatic N) is 2. The van der Waals surface area contributed by atoms with Gasteiger partial charge in [0.25, 0.3) is 0 Å². The van der Waals surface area contributed by atoms with E-state index in [0.29, 0.717) is 30.3 Å². The van der Waals surface area contributed by atoms with E-state index in [1.807, 2.05) is 12.1 Å². The van der Waals surface area contributed by atoms with Crippen LogP contribution in [0, 0.1) is 11.6 Å². The summed E-state index contributed by atoms with van der Waals surface area (Å²) in [6.07, 6.45) is 1.82. The van der Waals surface area contributed by atoms with E-state index in [1.165, 1.54) is 38.5 Å². The first-order valence-corrected chi connectivity index (χ1v) is 18.6. The van der Waals surface area contributed by atoms with Crippen molar-refractivity contribution in [3.05, 3.63) is 83.6 Å². The van der Waals surface area contributed by atoms with Crippen LogP contribution in [0.3, 0.4) is 0 Å². The molecular weight excluding hydrogens is 693 g/mol. The molecule has 248 valence electrons. The normalized spacial score (nSPS) is 15.8. The SMILES string of the molecule is COC(=O)Nc1ccc(S(=O)(=O)C(C)C)c([C@H]2CCCN2C(=O)[C@H]([AsH]c2ccc3c(N)nccc3c2)c2cc(OC)c(F)cc2F)c1. The van der Waals surface area contributed by atoms with E-state index in [4.69, 9.17) is 15.2 Å². The van der Waals surface area contributed by atoms with Crippen LogP contribution < -0.4 is 20.1 Å². The van der Waals surface area contributed by atoms with Gasteiger partial charge in [0.05, 0.1) is 0 Å². The Kier molecular flexibility index (Phi) is 10.1. The number of carbonyl (C=O) groups is 2. The number of amides is 2. The molecule has 2 amide bonds. The summed E-state index contributed by atoms with van der Waals surface area (Å²) in [7, 11) is -1.35. The molecule has 1 aliphatic rings. The second-order valence-electron chi connectivity index (χ2n) is 11.4. The van der Waals surface area contributed by atoms with Crippen molar-refractivity contribution in [2.24, 2.45) is 0 Å². The van der Waals surface area contributed by atoms with Crippen molar-refractivity contribution in [3.63, 3.8) is 0 Å². The van der Waals surface area contributed by atoms with Gasteiger partial charge in [-0.2, -0.15) is 0 Å². The van der Waals surface area contributed by atoms with Gasteiger partial charge in [0.2, 0.25) is 0 Å². The van der Waals surface area contributed by atoms with Crippen LogP contribution in [0.4, 0.5) is 25.1 Å². The van der Waals surface area contributed by atoms with Crippen molar-refractivity contribution in [3.8, 4) is 5.75 Å². The summed E-state index contributed by atoms with van der Waals surface area (Å²) in [5.41, 5.74) is 6.66. The Balaban J connectivity index is 1.62. The number of ether oxygens (including phenoxy) is 2. The number of pyridine rings is 1. The predicted molar refractivity (Wildman–Crippen MR) is 177 cm³/mol. The Labute approximate surface area is 278 Å². The van der Waals surface area contributed by atoms with Crippen LogP contribution in [0.25, 0.3) is 10.8 Å². The van der Waals surface area contributed by atoms with E-state index in [0.717, 1.165) is 15.1 Å². The maximum atomic E-state index is 15.6. The van der Waals surface area contributed by atoms with E-state index < -0.39 is 65.2 Å². The Bertz CT molecular complexity index is 1960. The molecule has 3 N–H and O–H groups in total. The number of aromatic nitrogens is 1. The monoisotopic (exact) mass is 728 g/mol. The first kappa shape index (κ1) is 34.1. The van der Waals surface area contributed by atoms with Crippen molar-refractivity contribution in [1.82, 2.24) is 9.88 Å². The first-order valence-electron chi connectivity index (χ1n) is 14.8. The van der Waals surface area contributed by atoms with Gasteiger partial charge in [-0.3, -0.25) is 0 Å². The number of halogens is 2. The van der Waals surface area contributed by atoms with Crippen molar-refractivity contribution < 1.29 is 36.3 Å². The number of anilines is 2. The first-order chi connectivity index (χ1) is 22.3. The topological polar surface area (TPSA) is 141 Å². The average molecular weight is 729 g/mol. The number of nitrogens with one attached hydrogen (secondary N) is 1. The van der Waals surface area contributed by atoms with E-state index in [9.17, 15) is 22.4 Å². The molecule has 0 aliphatic carbocycles. The molecule has 5 rings (SSSR count). The Morgan fingerprint density at radius 1 is 1.06 bits per heavy atom. The minimum atomic E-state index is -3.82. The number of rotatable bonds is 9. The van der Waals surface area contributed by atoms with Gasteiger partial charge in [0, 0.05) is 0 Å². The van der Waals surface area contributed by atoms with Gasteiger partial charge in [-0.25, -0.2) is 0 Å². The molecule has 1 fully saturated rings. The number of hydrogen-bond acceptors (Lipinski definition) is 8. The van der Waals surface area contributed by atoms with Gasteiger partial charge in [0.15, 0.2) is 0 Å². The Morgan fingerprint density at radius 2 is 1.83 bits per heavy atom. The van der Waals surface area contributed by atoms with Crippen LogP contribution in [0.1, 0.15) is 48.6 Å². The molecule has 1 aromatic heterocycles. The molecular formula is C33H35AsF2N4O6S. The van der Waals surface area contributed by atoms with Crippen LogP contribution in [0.5, 0.6) is 5.75 Å². The summed E-state index contributed by atoms with van der Waals surface area (Å²) in [5, 5.41) is 3.35. The maximum absolute atomic E-state index is 15.6. The standard InChI is InChI=1S/C33H35AsF2N4O6S/c1-18(2)47(43,44)29-10-8-21(39-33(42)46-4)15-24(29)27-6-5-13-40(27)32(41)30(23-16-28(45-3)26(36)17-25(23)35)34-20-7-9-22-19(14-20)11-12-38-31(22)37/h7-12,14-18,27,30,34H,5-6,13H2,1-4H3,(H2,37,38)(H,39,42)/t27-,30-/m1/s1. The zero-order valence-electron chi connectivity index (χ0n) is 26.2. The molecule has 0 saturated carbocycles. The van der Waals surface area contributed by atoms with Crippen molar-refractivity contribution in [2.45, 2.75) is 47.6 Å². The van der Waals surface area contributed by atoms with E-state index in [2.05, 4.69) is 10.3 Å². The fourth-order valence-electron chi connectivity index (χ4n) is 5.74. The molecule has 0 bridgehead atoms. The molecule has 0 radical (unpaired) electrons. The van der Waals surface area contributed by atoms with Gasteiger partial charge in [-0.1, -0.05) is 0 Å². The van der Waals surface area contributed by atoms with E-state index >= 15 is 4.39 Å². The summed E-state index contributed by atoms with van der Waals surface area (Å²) >= 11 is -1.50. The quantitative estimate of drug-likeness (QED) is 0.238. The zero-order valence-corrected chi connectivity index (χ0v) is 29.1. The van der Waals surface area contributed by atoms with Crippen molar-refractivity contribution in [1.29, 1.82) is 0 Å². The molecule has 3 aromatic carbocycles. The Morgan fingerprint density at radius 3 is 2.53 bits per heavy atom. The summed E-state index contributed by atoms with van der Waals surface area (Å²) in [5.74, 6) is -2.05. The fraction of sp³-hybridized carbons (Fsp3) is 0.303. The molecule has 0 spiro atoms. The molecule has 4 aromatic rings. The average Bonchev–Trinajstić information content (AvgIpc) is 3.53. The molecule has 10 nitrogen and oxygen atoms in total. The number of hydrogen-bond donors (Lipinski definition) is 2. The number of fused-ring (bicyclic) bond motifs is 1. The third kappa shape index (κ3) is 6.91. The van der Waals surface area contributed by atoms with Gasteiger partial charge < -0.3 is 0 Å². The molecule has 1 unspecified atom stereocenters. The number of benzene rings is 3. The van der Waals surface area contributed by atoms with Crippen LogP contribution in [-0.4, -0.2) is 72.1 Å². The Hall–Kier alpha value is -4.22. The predicted octanol–water partition coefficient (Wildman–Crippen LogP) is 4.63. The van der Waals surface area contributed by atoms with Gasteiger partial charge >= 0.3 is 279 Å². The molecule has 14 heteroatoms. The molecule has 47 heavy (non-hydrogen) atoms. The van der Waals surface area contributed by atoms with Crippen molar-refractivity contribution in [2.75, 3.05) is 31.8 Å². The second kappa shape index (κ2) is 13.9. The molecule has 1 aliphatic heterocycles. The van der Waals surface area contributed by atoms with E-state index in [-0.39, 0.29) is 28.4 Å². The third-order valence-corrected chi connectivity index (χ3v) is 13.6. The third-order valence-electron chi connectivity index (χ3n) is 8.20. The molecule has 3 atom stereocenters. The van der Waals surface area contributed by atoms with Crippen LogP contribution in [0.15, 0.2) is 65.7 Å². The minimum absolute atomic E-state index is 0.00984. The number of methoxy groups -OCH3 is 2. The molecule has 1 saturated heterocycles. The second-order valence-corrected chi connectivity index (χ2v) is 16.9. The van der Waals surface area contributed by atoms with Gasteiger partial charge in [-0.05, 0) is 0 Å². The van der Waals surface area contributed by atoms with E-state index in [1.54, 1.807) is 37.1 Å². The number of nitrogen functional groups attached to an aromatic ring is 1.